The van der Waals surface area contributed by atoms with Crippen molar-refractivity contribution in [2.24, 2.45) is 10.9 Å². The van der Waals surface area contributed by atoms with Crippen LogP contribution in [0.2, 0.25) is 10.0 Å². The van der Waals surface area contributed by atoms with E-state index in [-0.39, 0.29) is 40.5 Å². The van der Waals surface area contributed by atoms with Crippen LogP contribution in [0.5, 0.6) is 0 Å². The lowest BCUT2D eigenvalue weighted by Crippen LogP contribution is -2.50. The molecule has 1 aliphatic heterocycles. The van der Waals surface area contributed by atoms with Crippen LogP contribution in [0.4, 0.5) is 0 Å². The van der Waals surface area contributed by atoms with Crippen LogP contribution in [0.3, 0.4) is 0 Å². The molecule has 1 aromatic carbocycles. The lowest BCUT2D eigenvalue weighted by Gasteiger charge is -2.31. The lowest BCUT2D eigenvalue weighted by atomic mass is 10.3. The molecule has 1 aromatic rings. The van der Waals surface area contributed by atoms with E-state index in [9.17, 15) is 8.42 Å². The maximum atomic E-state index is 12.6. The number of hydrogen-bond donors (Lipinski definition) is 2. The Morgan fingerprint density at radius 1 is 1.38 bits per heavy atom. The van der Waals surface area contributed by atoms with Gasteiger partial charge in [0.05, 0.1) is 11.5 Å². The van der Waals surface area contributed by atoms with Crippen molar-refractivity contribution in [3.8, 4) is 0 Å². The maximum Gasteiger partial charge on any atom is 0.243 e. The van der Waals surface area contributed by atoms with Crippen LogP contribution in [-0.2, 0) is 14.8 Å². The number of hydrogen-bond acceptors (Lipinski definition) is 5. The van der Waals surface area contributed by atoms with Crippen LogP contribution < -0.4 is 5.73 Å². The molecule has 116 valence electrons. The van der Waals surface area contributed by atoms with Crippen molar-refractivity contribution in [2.75, 3.05) is 19.7 Å². The number of morpholine rings is 1. The summed E-state index contributed by atoms with van der Waals surface area (Å²) >= 11 is 11.7. The Morgan fingerprint density at radius 3 is 2.57 bits per heavy atom. The van der Waals surface area contributed by atoms with Crippen LogP contribution in [-0.4, -0.2) is 49.6 Å². The van der Waals surface area contributed by atoms with Gasteiger partial charge in [0.1, 0.15) is 6.10 Å². The summed E-state index contributed by atoms with van der Waals surface area (Å²) in [5, 5.41) is 11.9. The largest absolute Gasteiger partial charge is 0.409 e. The van der Waals surface area contributed by atoms with Crippen LogP contribution in [0.15, 0.2) is 28.3 Å². The summed E-state index contributed by atoms with van der Waals surface area (Å²) in [6.45, 7) is 0.235. The first-order valence-electron chi connectivity index (χ1n) is 5.90. The number of halogens is 2. The molecular weight excluding hydrogens is 341 g/mol. The number of nitrogens with zero attached hydrogens (tertiary/aromatic N) is 2. The molecule has 0 saturated carbocycles. The minimum Gasteiger partial charge on any atom is -0.409 e. The summed E-state index contributed by atoms with van der Waals surface area (Å²) < 4.78 is 31.6. The first-order valence-corrected chi connectivity index (χ1v) is 8.09. The third-order valence-electron chi connectivity index (χ3n) is 2.95. The van der Waals surface area contributed by atoms with E-state index in [0.717, 1.165) is 0 Å². The third kappa shape index (κ3) is 3.58. The third-order valence-corrected chi connectivity index (χ3v) is 5.23. The molecule has 1 aliphatic rings. The zero-order valence-corrected chi connectivity index (χ0v) is 13.1. The second-order valence-corrected chi connectivity index (χ2v) is 7.16. The first kappa shape index (κ1) is 16.3. The molecule has 1 saturated heterocycles. The molecule has 21 heavy (non-hydrogen) atoms. The highest BCUT2D eigenvalue weighted by Gasteiger charge is 2.33. The Hall–Kier alpha value is -1.06. The number of oxime groups is 1. The number of sulfonamides is 1. The van der Waals surface area contributed by atoms with E-state index in [4.69, 9.17) is 38.9 Å². The van der Waals surface area contributed by atoms with Crippen molar-refractivity contribution < 1.29 is 18.4 Å². The maximum absolute atomic E-state index is 12.6. The molecule has 1 atom stereocenters. The van der Waals surface area contributed by atoms with Gasteiger partial charge in [0, 0.05) is 23.1 Å². The van der Waals surface area contributed by atoms with E-state index in [2.05, 4.69) is 5.16 Å². The van der Waals surface area contributed by atoms with Crippen LogP contribution in [0.25, 0.3) is 0 Å². The minimum absolute atomic E-state index is 0.0137. The number of benzene rings is 1. The Balaban J connectivity index is 2.30. The van der Waals surface area contributed by atoms with Gasteiger partial charge in [-0.05, 0) is 18.2 Å². The fraction of sp³-hybridized carbons (Fsp3) is 0.364. The van der Waals surface area contributed by atoms with Crippen molar-refractivity contribution in [1.82, 2.24) is 4.31 Å². The zero-order valence-electron chi connectivity index (χ0n) is 10.7. The van der Waals surface area contributed by atoms with E-state index < -0.39 is 16.1 Å². The first-order chi connectivity index (χ1) is 9.84. The number of nitrogens with two attached hydrogens (primary N) is 1. The van der Waals surface area contributed by atoms with Crippen molar-refractivity contribution >= 4 is 39.1 Å². The molecule has 1 fully saturated rings. The van der Waals surface area contributed by atoms with Gasteiger partial charge in [-0.2, -0.15) is 4.31 Å². The lowest BCUT2D eigenvalue weighted by molar-refractivity contribution is 0.0355. The topological polar surface area (TPSA) is 105 Å². The molecular formula is C11H13Cl2N3O4S. The Morgan fingerprint density at radius 2 is 2.00 bits per heavy atom. The quantitative estimate of drug-likeness (QED) is 0.366. The molecule has 10 heteroatoms. The fourth-order valence-electron chi connectivity index (χ4n) is 1.91. The molecule has 1 heterocycles. The second kappa shape index (κ2) is 6.37. The van der Waals surface area contributed by atoms with Crippen molar-refractivity contribution in [1.29, 1.82) is 0 Å². The summed E-state index contributed by atoms with van der Waals surface area (Å²) in [5.41, 5.74) is 5.45. The van der Waals surface area contributed by atoms with Gasteiger partial charge in [-0.15, -0.1) is 0 Å². The molecule has 1 unspecified atom stereocenters. The van der Waals surface area contributed by atoms with Gasteiger partial charge in [-0.1, -0.05) is 28.4 Å². The van der Waals surface area contributed by atoms with Gasteiger partial charge >= 0.3 is 0 Å². The van der Waals surface area contributed by atoms with E-state index in [1.54, 1.807) is 0 Å². The van der Waals surface area contributed by atoms with Crippen molar-refractivity contribution in [3.05, 3.63) is 28.2 Å². The smallest absolute Gasteiger partial charge is 0.243 e. The van der Waals surface area contributed by atoms with E-state index >= 15 is 0 Å². The molecule has 0 aromatic heterocycles. The predicted molar refractivity (Wildman–Crippen MR) is 78.4 cm³/mol. The molecule has 0 amide bonds. The predicted octanol–water partition coefficient (Wildman–Crippen LogP) is 1.13. The number of ether oxygens (including phenoxy) is 1. The number of amidine groups is 1. The minimum atomic E-state index is -3.79. The Labute approximate surface area is 131 Å². The molecule has 0 spiro atoms. The summed E-state index contributed by atoms with van der Waals surface area (Å²) in [6.07, 6.45) is -0.798. The van der Waals surface area contributed by atoms with Gasteiger partial charge < -0.3 is 15.7 Å². The van der Waals surface area contributed by atoms with Crippen molar-refractivity contribution in [3.63, 3.8) is 0 Å². The normalized spacial score (nSPS) is 21.4. The van der Waals surface area contributed by atoms with Crippen LogP contribution in [0.1, 0.15) is 0 Å². The highest BCUT2D eigenvalue weighted by molar-refractivity contribution is 7.89. The summed E-state index contributed by atoms with van der Waals surface area (Å²) in [5.74, 6) is -0.181. The van der Waals surface area contributed by atoms with E-state index in [1.807, 2.05) is 0 Å². The van der Waals surface area contributed by atoms with E-state index in [1.165, 1.54) is 22.5 Å². The molecule has 0 radical (unpaired) electrons. The standard InChI is InChI=1S/C11H13Cl2N3O4S/c12-7-3-8(13)5-9(4-7)21(18,19)16-1-2-20-10(6-16)11(14)15-17/h3-5,10,17H,1-2,6H2,(H2,14,15). The average molecular weight is 354 g/mol. The van der Waals surface area contributed by atoms with Crippen LogP contribution in [0, 0.1) is 0 Å². The Kier molecular flexibility index (Phi) is 4.95. The van der Waals surface area contributed by atoms with Crippen LogP contribution >= 0.6 is 23.2 Å². The zero-order chi connectivity index (χ0) is 15.6. The molecule has 3 N–H and O–H groups in total. The Bertz CT molecular complexity index is 645. The molecule has 2 rings (SSSR count). The van der Waals surface area contributed by atoms with Gasteiger partial charge in [-0.25, -0.2) is 8.42 Å². The summed E-state index contributed by atoms with van der Waals surface area (Å²) in [7, 11) is -3.79. The molecule has 0 bridgehead atoms. The van der Waals surface area contributed by atoms with E-state index in [0.29, 0.717) is 0 Å². The highest BCUT2D eigenvalue weighted by atomic mass is 35.5. The molecule has 7 nitrogen and oxygen atoms in total. The SMILES string of the molecule is NC(=NO)C1CN(S(=O)(=O)c2cc(Cl)cc(Cl)c2)CCO1. The van der Waals surface area contributed by atoms with Gasteiger partial charge in [0.25, 0.3) is 0 Å². The molecule has 0 aliphatic carbocycles. The monoisotopic (exact) mass is 353 g/mol. The second-order valence-electron chi connectivity index (χ2n) is 4.35. The van der Waals surface area contributed by atoms with Gasteiger partial charge in [0.15, 0.2) is 5.84 Å². The number of rotatable bonds is 3. The highest BCUT2D eigenvalue weighted by Crippen LogP contribution is 2.25. The van der Waals surface area contributed by atoms with Gasteiger partial charge in [-0.3, -0.25) is 0 Å². The summed E-state index contributed by atoms with van der Waals surface area (Å²) in [4.78, 5) is -0.0137. The van der Waals surface area contributed by atoms with Gasteiger partial charge in [0.2, 0.25) is 10.0 Å². The van der Waals surface area contributed by atoms with Crippen molar-refractivity contribution in [2.45, 2.75) is 11.0 Å². The average Bonchev–Trinajstić information content (AvgIpc) is 2.45. The summed E-state index contributed by atoms with van der Waals surface area (Å²) in [6, 6.07) is 4.08. The fourth-order valence-corrected chi connectivity index (χ4v) is 4.07.